The molecule has 0 aliphatic carbocycles. The van der Waals surface area contributed by atoms with Gasteiger partial charge in [0, 0.05) is 31.3 Å². The zero-order valence-electron chi connectivity index (χ0n) is 14.9. The first-order valence-electron chi connectivity index (χ1n) is 8.52. The Balaban J connectivity index is 1.69. The van der Waals surface area contributed by atoms with Crippen molar-refractivity contribution in [1.29, 1.82) is 0 Å². The molecule has 0 atom stereocenters. The van der Waals surface area contributed by atoms with Gasteiger partial charge in [-0.25, -0.2) is 5.06 Å². The predicted octanol–water partition coefficient (Wildman–Crippen LogP) is 1.86. The number of nitrogens with zero attached hydrogens (tertiary/aromatic N) is 2. The summed E-state index contributed by atoms with van der Waals surface area (Å²) in [4.78, 5) is 32.4. The molecule has 2 fully saturated rings. The molecule has 2 heterocycles. The van der Waals surface area contributed by atoms with Crippen molar-refractivity contribution in [2.75, 3.05) is 33.9 Å². The summed E-state index contributed by atoms with van der Waals surface area (Å²) in [6, 6.07) is 5.16. The maximum absolute atomic E-state index is 12.8. The number of carbonyl (C=O) groups is 2. The van der Waals surface area contributed by atoms with Crippen LogP contribution in [-0.2, 0) is 9.63 Å². The van der Waals surface area contributed by atoms with Crippen molar-refractivity contribution in [3.05, 3.63) is 23.8 Å². The van der Waals surface area contributed by atoms with Crippen LogP contribution in [0.2, 0.25) is 0 Å². The molecule has 0 saturated carbocycles. The Morgan fingerprint density at radius 1 is 1.16 bits per heavy atom. The van der Waals surface area contributed by atoms with E-state index in [2.05, 4.69) is 0 Å². The number of hydrogen-bond acceptors (Lipinski definition) is 5. The van der Waals surface area contributed by atoms with Gasteiger partial charge in [-0.15, -0.1) is 0 Å². The summed E-state index contributed by atoms with van der Waals surface area (Å²) in [5.74, 6) is 1.13. The van der Waals surface area contributed by atoms with Gasteiger partial charge in [-0.1, -0.05) is 0 Å². The van der Waals surface area contributed by atoms with Crippen LogP contribution in [0.4, 0.5) is 0 Å². The molecule has 1 spiro atoms. The molecule has 2 aliphatic rings. The predicted molar refractivity (Wildman–Crippen MR) is 90.5 cm³/mol. The highest BCUT2D eigenvalue weighted by atomic mass is 16.7. The fourth-order valence-corrected chi connectivity index (χ4v) is 3.42. The summed E-state index contributed by atoms with van der Waals surface area (Å²) in [5, 5.41) is 1.43. The lowest BCUT2D eigenvalue weighted by Crippen LogP contribution is -2.47. The molecule has 136 valence electrons. The van der Waals surface area contributed by atoms with Crippen LogP contribution in [0.15, 0.2) is 18.2 Å². The Labute approximate surface area is 147 Å². The Bertz CT molecular complexity index is 645. The Morgan fingerprint density at radius 2 is 1.76 bits per heavy atom. The molecule has 2 aliphatic heterocycles. The van der Waals surface area contributed by atoms with Crippen LogP contribution in [0, 0.1) is 0 Å². The van der Waals surface area contributed by atoms with E-state index in [0.717, 1.165) is 0 Å². The standard InChI is InChI=1S/C18H24N2O5/c1-4-20-16(21)12-18(25-20)5-7-19(8-6-18)17(22)13-9-14(23-2)11-15(10-13)24-3/h9-11H,4-8,12H2,1-3H3. The number of rotatable bonds is 4. The quantitative estimate of drug-likeness (QED) is 0.831. The van der Waals surface area contributed by atoms with E-state index in [1.165, 1.54) is 5.06 Å². The van der Waals surface area contributed by atoms with Gasteiger partial charge in [0.1, 0.15) is 17.1 Å². The van der Waals surface area contributed by atoms with Gasteiger partial charge in [-0.05, 0) is 31.9 Å². The van der Waals surface area contributed by atoms with Gasteiger partial charge in [0.25, 0.3) is 5.91 Å². The Morgan fingerprint density at radius 3 is 2.24 bits per heavy atom. The highest BCUT2D eigenvalue weighted by molar-refractivity contribution is 5.95. The molecule has 0 aromatic heterocycles. The number of carbonyl (C=O) groups excluding carboxylic acids is 2. The van der Waals surface area contributed by atoms with Crippen molar-refractivity contribution in [2.24, 2.45) is 0 Å². The summed E-state index contributed by atoms with van der Waals surface area (Å²) in [6.07, 6.45) is 1.71. The minimum atomic E-state index is -0.448. The van der Waals surface area contributed by atoms with E-state index in [4.69, 9.17) is 14.3 Å². The van der Waals surface area contributed by atoms with Crippen LogP contribution in [0.25, 0.3) is 0 Å². The van der Waals surface area contributed by atoms with Crippen molar-refractivity contribution < 1.29 is 23.9 Å². The molecule has 0 bridgehead atoms. The Kier molecular flexibility index (Phi) is 4.85. The normalized spacial score (nSPS) is 19.4. The van der Waals surface area contributed by atoms with Crippen LogP contribution in [0.3, 0.4) is 0 Å². The molecule has 2 amide bonds. The molecule has 7 nitrogen and oxygen atoms in total. The van der Waals surface area contributed by atoms with Crippen molar-refractivity contribution >= 4 is 11.8 Å². The number of benzene rings is 1. The van der Waals surface area contributed by atoms with Crippen LogP contribution >= 0.6 is 0 Å². The number of methoxy groups -OCH3 is 2. The molecule has 0 unspecified atom stereocenters. The van der Waals surface area contributed by atoms with E-state index < -0.39 is 5.60 Å². The average molecular weight is 348 g/mol. The second kappa shape index (κ2) is 6.92. The number of piperidine rings is 1. The van der Waals surface area contributed by atoms with E-state index in [1.807, 2.05) is 6.92 Å². The topological polar surface area (TPSA) is 68.3 Å². The lowest BCUT2D eigenvalue weighted by Gasteiger charge is -2.37. The molecular weight excluding hydrogens is 324 g/mol. The fourth-order valence-electron chi connectivity index (χ4n) is 3.42. The smallest absolute Gasteiger partial charge is 0.254 e. The van der Waals surface area contributed by atoms with Crippen molar-refractivity contribution in [3.8, 4) is 11.5 Å². The minimum absolute atomic E-state index is 0.0276. The molecule has 3 rings (SSSR count). The van der Waals surface area contributed by atoms with E-state index >= 15 is 0 Å². The summed E-state index contributed by atoms with van der Waals surface area (Å²) in [6.45, 7) is 3.56. The van der Waals surface area contributed by atoms with Crippen molar-refractivity contribution in [2.45, 2.75) is 31.8 Å². The van der Waals surface area contributed by atoms with Crippen molar-refractivity contribution in [3.63, 3.8) is 0 Å². The fraction of sp³-hybridized carbons (Fsp3) is 0.556. The van der Waals surface area contributed by atoms with Crippen LogP contribution in [0.1, 0.15) is 36.5 Å². The third kappa shape index (κ3) is 3.42. The van der Waals surface area contributed by atoms with Gasteiger partial charge in [-0.3, -0.25) is 14.4 Å². The number of likely N-dealkylation sites (tertiary alicyclic amines) is 1. The lowest BCUT2D eigenvalue weighted by atomic mass is 9.88. The SMILES string of the molecule is CCN1OC2(CCN(C(=O)c3cc(OC)cc(OC)c3)CC2)CC1=O. The third-order valence-corrected chi connectivity index (χ3v) is 4.90. The molecule has 1 aromatic carbocycles. The zero-order valence-corrected chi connectivity index (χ0v) is 14.9. The van der Waals surface area contributed by atoms with Gasteiger partial charge in [0.05, 0.1) is 20.6 Å². The van der Waals surface area contributed by atoms with Gasteiger partial charge in [-0.2, -0.15) is 0 Å². The number of ether oxygens (including phenoxy) is 2. The van der Waals surface area contributed by atoms with Crippen LogP contribution in [0.5, 0.6) is 11.5 Å². The lowest BCUT2D eigenvalue weighted by molar-refractivity contribution is -0.206. The molecule has 0 radical (unpaired) electrons. The van der Waals surface area contributed by atoms with Crippen LogP contribution < -0.4 is 9.47 Å². The summed E-state index contributed by atoms with van der Waals surface area (Å²) in [5.41, 5.74) is 0.0846. The van der Waals surface area contributed by atoms with Gasteiger partial charge >= 0.3 is 0 Å². The van der Waals surface area contributed by atoms with E-state index in [-0.39, 0.29) is 11.8 Å². The van der Waals surface area contributed by atoms with E-state index in [9.17, 15) is 9.59 Å². The molecule has 7 heteroatoms. The average Bonchev–Trinajstić information content (AvgIpc) is 2.96. The molecule has 1 aromatic rings. The highest BCUT2D eigenvalue weighted by Crippen LogP contribution is 2.37. The third-order valence-electron chi connectivity index (χ3n) is 4.90. The van der Waals surface area contributed by atoms with E-state index in [0.29, 0.717) is 56.0 Å². The molecule has 2 saturated heterocycles. The van der Waals surface area contributed by atoms with Crippen LogP contribution in [-0.4, -0.2) is 61.2 Å². The first-order valence-corrected chi connectivity index (χ1v) is 8.52. The Hall–Kier alpha value is -2.28. The first kappa shape index (κ1) is 17.5. The highest BCUT2D eigenvalue weighted by Gasteiger charge is 2.47. The summed E-state index contributed by atoms with van der Waals surface area (Å²) < 4.78 is 10.5. The summed E-state index contributed by atoms with van der Waals surface area (Å²) in [7, 11) is 3.11. The number of hydrogen-bond donors (Lipinski definition) is 0. The largest absolute Gasteiger partial charge is 0.497 e. The molecule has 0 N–H and O–H groups in total. The second-order valence-corrected chi connectivity index (χ2v) is 6.43. The van der Waals surface area contributed by atoms with Gasteiger partial charge in [0.2, 0.25) is 5.91 Å². The molecular formula is C18H24N2O5. The zero-order chi connectivity index (χ0) is 18.0. The maximum Gasteiger partial charge on any atom is 0.254 e. The summed E-state index contributed by atoms with van der Waals surface area (Å²) >= 11 is 0. The number of amides is 2. The molecule has 25 heavy (non-hydrogen) atoms. The first-order chi connectivity index (χ1) is 12.0. The number of hydroxylamine groups is 2. The minimum Gasteiger partial charge on any atom is -0.497 e. The second-order valence-electron chi connectivity index (χ2n) is 6.43. The van der Waals surface area contributed by atoms with Gasteiger partial charge < -0.3 is 14.4 Å². The monoisotopic (exact) mass is 348 g/mol. The maximum atomic E-state index is 12.8. The van der Waals surface area contributed by atoms with Crippen molar-refractivity contribution in [1.82, 2.24) is 9.96 Å². The van der Waals surface area contributed by atoms with E-state index in [1.54, 1.807) is 37.3 Å². The van der Waals surface area contributed by atoms with Gasteiger partial charge in [0.15, 0.2) is 0 Å².